The molecule has 5 nitrogen and oxygen atoms in total. The molecular weight excluding hydrogens is 302 g/mol. The number of aliphatic carboxylic acids is 1. The monoisotopic (exact) mass is 329 g/mol. The highest BCUT2D eigenvalue weighted by Crippen LogP contribution is 2.25. The maximum absolute atomic E-state index is 11.6. The highest BCUT2D eigenvalue weighted by Gasteiger charge is 2.30. The molecule has 1 aliphatic rings. The van der Waals surface area contributed by atoms with Gasteiger partial charge in [-0.1, -0.05) is 26.0 Å². The Kier molecular flexibility index (Phi) is 5.19. The van der Waals surface area contributed by atoms with Crippen molar-refractivity contribution < 1.29 is 9.90 Å². The number of carbonyl (C=O) groups is 1. The minimum Gasteiger partial charge on any atom is -0.481 e. The topological polar surface area (TPSA) is 78.0 Å². The normalized spacial score (nSPS) is 19.2. The number of carboxylic acids is 1. The van der Waals surface area contributed by atoms with Gasteiger partial charge in [0.2, 0.25) is 0 Å². The van der Waals surface area contributed by atoms with Gasteiger partial charge in [0.25, 0.3) is 0 Å². The summed E-state index contributed by atoms with van der Waals surface area (Å²) in [6.45, 7) is 6.16. The van der Waals surface area contributed by atoms with E-state index in [4.69, 9.17) is 4.98 Å². The molecule has 0 bridgehead atoms. The molecule has 5 heteroatoms. The van der Waals surface area contributed by atoms with Crippen LogP contribution in [0.3, 0.4) is 0 Å². The predicted molar refractivity (Wildman–Crippen MR) is 95.1 cm³/mol. The summed E-state index contributed by atoms with van der Waals surface area (Å²) in [6.07, 6.45) is 3.28. The van der Waals surface area contributed by atoms with Crippen LogP contribution in [-0.2, 0) is 17.6 Å². The predicted octanol–water partition coefficient (Wildman–Crippen LogP) is 3.00. The number of aromatic amines is 1. The number of fused-ring (bicyclic) bond motifs is 1. The molecule has 0 radical (unpaired) electrons. The second kappa shape index (κ2) is 7.34. The Morgan fingerprint density at radius 1 is 1.42 bits per heavy atom. The molecule has 0 aliphatic carbocycles. The minimum atomic E-state index is -0.680. The van der Waals surface area contributed by atoms with E-state index in [-0.39, 0.29) is 11.8 Å². The fourth-order valence-electron chi connectivity index (χ4n) is 3.74. The van der Waals surface area contributed by atoms with Gasteiger partial charge in [-0.3, -0.25) is 4.79 Å². The number of rotatable bonds is 7. The highest BCUT2D eigenvalue weighted by atomic mass is 16.4. The summed E-state index contributed by atoms with van der Waals surface area (Å²) in [4.78, 5) is 19.7. The summed E-state index contributed by atoms with van der Waals surface area (Å²) in [5.41, 5.74) is 3.35. The van der Waals surface area contributed by atoms with Gasteiger partial charge in [-0.25, -0.2) is 4.98 Å². The lowest BCUT2D eigenvalue weighted by atomic mass is 9.87. The summed E-state index contributed by atoms with van der Waals surface area (Å²) >= 11 is 0. The SMILES string of the molecule is CC(C)Cc1cccc2[nH]c(CC[C@@H](C(=O)O)[C@H]3CCNC3)nc12. The Balaban J connectivity index is 1.73. The average Bonchev–Trinajstić information content (AvgIpc) is 3.16. The summed E-state index contributed by atoms with van der Waals surface area (Å²) in [5.74, 6) is 0.757. The van der Waals surface area contributed by atoms with Crippen molar-refractivity contribution in [3.8, 4) is 0 Å². The third-order valence-corrected chi connectivity index (χ3v) is 4.95. The molecule has 0 amide bonds. The van der Waals surface area contributed by atoms with Gasteiger partial charge in [0.1, 0.15) is 5.82 Å². The first-order valence-electron chi connectivity index (χ1n) is 8.94. The smallest absolute Gasteiger partial charge is 0.306 e. The number of hydrogen-bond donors (Lipinski definition) is 3. The van der Waals surface area contributed by atoms with Crippen LogP contribution < -0.4 is 5.32 Å². The fraction of sp³-hybridized carbons (Fsp3) is 0.579. The lowest BCUT2D eigenvalue weighted by molar-refractivity contribution is -0.143. The van der Waals surface area contributed by atoms with Crippen LogP contribution in [-0.4, -0.2) is 34.1 Å². The largest absolute Gasteiger partial charge is 0.481 e. The first kappa shape index (κ1) is 17.0. The number of nitrogens with zero attached hydrogens (tertiary/aromatic N) is 1. The third-order valence-electron chi connectivity index (χ3n) is 4.95. The molecule has 0 spiro atoms. The summed E-state index contributed by atoms with van der Waals surface area (Å²) in [7, 11) is 0. The van der Waals surface area contributed by atoms with Crippen molar-refractivity contribution in [1.29, 1.82) is 0 Å². The van der Waals surface area contributed by atoms with E-state index in [1.807, 2.05) is 6.07 Å². The summed E-state index contributed by atoms with van der Waals surface area (Å²) in [5, 5.41) is 12.8. The van der Waals surface area contributed by atoms with E-state index in [0.717, 1.165) is 42.8 Å². The van der Waals surface area contributed by atoms with Gasteiger partial charge >= 0.3 is 5.97 Å². The van der Waals surface area contributed by atoms with Crippen LogP contribution in [0.15, 0.2) is 18.2 Å². The van der Waals surface area contributed by atoms with Gasteiger partial charge in [-0.05, 0) is 55.8 Å². The standard InChI is InChI=1S/C19H27N3O2/c1-12(2)10-13-4-3-5-16-18(13)22-17(21-16)7-6-15(19(23)24)14-8-9-20-11-14/h3-5,12,14-15,20H,6-11H2,1-2H3,(H,21,22)(H,23,24)/t14-,15+/m0/s1. The number of carboxylic acid groups (broad SMARTS) is 1. The lowest BCUT2D eigenvalue weighted by Crippen LogP contribution is -2.26. The van der Waals surface area contributed by atoms with Crippen molar-refractivity contribution in [2.75, 3.05) is 13.1 Å². The maximum Gasteiger partial charge on any atom is 0.306 e. The molecule has 1 fully saturated rings. The molecule has 24 heavy (non-hydrogen) atoms. The van der Waals surface area contributed by atoms with Crippen molar-refractivity contribution in [3.63, 3.8) is 0 Å². The van der Waals surface area contributed by atoms with Crippen LogP contribution >= 0.6 is 0 Å². The van der Waals surface area contributed by atoms with Gasteiger partial charge in [0, 0.05) is 6.42 Å². The average molecular weight is 329 g/mol. The first-order chi connectivity index (χ1) is 11.5. The molecule has 3 N–H and O–H groups in total. The Hall–Kier alpha value is -1.88. The van der Waals surface area contributed by atoms with E-state index < -0.39 is 5.97 Å². The molecule has 1 saturated heterocycles. The molecule has 0 saturated carbocycles. The molecule has 3 rings (SSSR count). The van der Waals surface area contributed by atoms with E-state index in [2.05, 4.69) is 36.3 Å². The number of H-pyrrole nitrogens is 1. The quantitative estimate of drug-likeness (QED) is 0.730. The molecule has 1 aliphatic heterocycles. The van der Waals surface area contributed by atoms with Gasteiger partial charge < -0.3 is 15.4 Å². The van der Waals surface area contributed by atoms with E-state index in [0.29, 0.717) is 18.8 Å². The Bertz CT molecular complexity index is 702. The van der Waals surface area contributed by atoms with E-state index >= 15 is 0 Å². The number of imidazole rings is 1. The number of aryl methyl sites for hydroxylation is 1. The van der Waals surface area contributed by atoms with E-state index in [1.54, 1.807) is 0 Å². The van der Waals surface area contributed by atoms with Crippen LogP contribution in [0.4, 0.5) is 0 Å². The lowest BCUT2D eigenvalue weighted by Gasteiger charge is -2.17. The molecule has 130 valence electrons. The number of nitrogens with one attached hydrogen (secondary N) is 2. The van der Waals surface area contributed by atoms with Crippen molar-refractivity contribution in [2.45, 2.75) is 39.5 Å². The van der Waals surface area contributed by atoms with Crippen LogP contribution in [0.5, 0.6) is 0 Å². The van der Waals surface area contributed by atoms with Gasteiger partial charge in [-0.15, -0.1) is 0 Å². The van der Waals surface area contributed by atoms with Crippen LogP contribution in [0.25, 0.3) is 11.0 Å². The molecule has 2 aromatic rings. The van der Waals surface area contributed by atoms with Gasteiger partial charge in [0.05, 0.1) is 17.0 Å². The van der Waals surface area contributed by atoms with Crippen molar-refractivity contribution in [1.82, 2.24) is 15.3 Å². The Morgan fingerprint density at radius 3 is 2.92 bits per heavy atom. The van der Waals surface area contributed by atoms with Gasteiger partial charge in [0.15, 0.2) is 0 Å². The summed E-state index contributed by atoms with van der Waals surface area (Å²) in [6, 6.07) is 6.24. The minimum absolute atomic E-state index is 0.239. The zero-order chi connectivity index (χ0) is 17.1. The molecule has 2 heterocycles. The van der Waals surface area contributed by atoms with Crippen molar-refractivity contribution in [3.05, 3.63) is 29.6 Å². The third kappa shape index (κ3) is 3.78. The molecule has 0 unspecified atom stereocenters. The number of para-hydroxylation sites is 1. The Morgan fingerprint density at radius 2 is 2.25 bits per heavy atom. The van der Waals surface area contributed by atoms with E-state index in [9.17, 15) is 9.90 Å². The highest BCUT2D eigenvalue weighted by molar-refractivity contribution is 5.79. The molecule has 1 aromatic heterocycles. The zero-order valence-electron chi connectivity index (χ0n) is 14.5. The molecular formula is C19H27N3O2. The maximum atomic E-state index is 11.6. The Labute approximate surface area is 142 Å². The van der Waals surface area contributed by atoms with Crippen molar-refractivity contribution in [2.24, 2.45) is 17.8 Å². The summed E-state index contributed by atoms with van der Waals surface area (Å²) < 4.78 is 0. The second-order valence-corrected chi connectivity index (χ2v) is 7.33. The second-order valence-electron chi connectivity index (χ2n) is 7.33. The fourth-order valence-corrected chi connectivity index (χ4v) is 3.74. The molecule has 1 aromatic carbocycles. The number of benzene rings is 1. The van der Waals surface area contributed by atoms with E-state index in [1.165, 1.54) is 5.56 Å². The van der Waals surface area contributed by atoms with Crippen LogP contribution in [0, 0.1) is 17.8 Å². The van der Waals surface area contributed by atoms with Gasteiger partial charge in [-0.2, -0.15) is 0 Å². The van der Waals surface area contributed by atoms with Crippen LogP contribution in [0.1, 0.15) is 38.1 Å². The number of aromatic nitrogens is 2. The molecule has 2 atom stereocenters. The zero-order valence-corrected chi connectivity index (χ0v) is 14.5. The number of hydrogen-bond acceptors (Lipinski definition) is 3. The first-order valence-corrected chi connectivity index (χ1v) is 8.94. The van der Waals surface area contributed by atoms with Crippen molar-refractivity contribution >= 4 is 17.0 Å². The van der Waals surface area contributed by atoms with Crippen LogP contribution in [0.2, 0.25) is 0 Å².